The maximum Gasteiger partial charge on any atom is 0.307 e. The van der Waals surface area contributed by atoms with E-state index >= 15 is 0 Å². The summed E-state index contributed by atoms with van der Waals surface area (Å²) in [6.45, 7) is 21.4. The highest BCUT2D eigenvalue weighted by molar-refractivity contribution is 6.30. The Morgan fingerprint density at radius 3 is 2.21 bits per heavy atom. The van der Waals surface area contributed by atoms with E-state index in [1.165, 1.54) is 24.0 Å². The van der Waals surface area contributed by atoms with Gasteiger partial charge in [-0.05, 0) is 129 Å². The number of hydrogen-bond donors (Lipinski definition) is 1. The Morgan fingerprint density at radius 2 is 1.60 bits per heavy atom. The number of ether oxygens (including phenoxy) is 2. The molecule has 58 heavy (non-hydrogen) atoms. The van der Waals surface area contributed by atoms with E-state index in [1.54, 1.807) is 13.8 Å². The molecule has 0 aromatic heterocycles. The average Bonchev–Trinajstić information content (AvgIpc) is 3.48. The van der Waals surface area contributed by atoms with Gasteiger partial charge in [-0.3, -0.25) is 14.5 Å². The van der Waals surface area contributed by atoms with Gasteiger partial charge >= 0.3 is 5.97 Å². The lowest BCUT2D eigenvalue weighted by atomic mass is 9.36. The number of benzene rings is 1. The molecule has 326 valence electrons. The minimum Gasteiger partial charge on any atom is -0.462 e. The van der Waals surface area contributed by atoms with E-state index in [1.807, 2.05) is 19.2 Å². The number of esters is 1. The highest BCUT2D eigenvalue weighted by Crippen LogP contribution is 2.73. The largest absolute Gasteiger partial charge is 0.462 e. The van der Waals surface area contributed by atoms with Gasteiger partial charge < -0.3 is 24.3 Å². The van der Waals surface area contributed by atoms with Gasteiger partial charge in [0.1, 0.15) is 12.4 Å². The Hall–Kier alpha value is -2.10. The fraction of sp³-hybridized carbons (Fsp3) is 0.776. The van der Waals surface area contributed by atoms with E-state index in [0.29, 0.717) is 35.9 Å². The van der Waals surface area contributed by atoms with Crippen LogP contribution in [0.15, 0.2) is 35.4 Å². The average molecular weight is 826 g/mol. The van der Waals surface area contributed by atoms with Gasteiger partial charge in [-0.15, -0.1) is 0 Å². The zero-order valence-electron chi connectivity index (χ0n) is 38.1. The molecule has 9 atom stereocenters. The summed E-state index contributed by atoms with van der Waals surface area (Å²) in [6, 6.07) is 8.21. The van der Waals surface area contributed by atoms with Gasteiger partial charge in [0.05, 0.1) is 12.5 Å². The van der Waals surface area contributed by atoms with Crippen molar-refractivity contribution in [3.05, 3.63) is 46.0 Å². The number of aldehydes is 1. The second-order valence-electron chi connectivity index (χ2n) is 21.2. The van der Waals surface area contributed by atoms with Crippen LogP contribution >= 0.6 is 11.6 Å². The fourth-order valence-electron chi connectivity index (χ4n) is 13.7. The number of Topliss-reactive ketones (excluding diaryl/α,β-unsaturated/α-hetero) is 1. The molecule has 4 fully saturated rings. The third-order valence-electron chi connectivity index (χ3n) is 16.3. The Kier molecular flexibility index (Phi) is 14.6. The standard InChI is InChI=1S/C48H73ClN2O5.CH4O/c1-31(2)42-36(53)26-48(40(55-11)29-51(25-24-50(9)10)28-32-12-14-33(49)15-13-32)23-18-35-34(43(42)48)16-17-38-46(35,7)21-19-37-45(5,6)39(20-22-47(37,38)8)56-41(54)27-44(3,4)30-52;1-2/h12-15,30-31,34-35,37-40H,16-29H2,1-11H3;2H,1H3. The molecule has 5 aliphatic rings. The lowest BCUT2D eigenvalue weighted by Gasteiger charge is -2.69. The molecule has 0 aliphatic heterocycles. The number of halogens is 1. The highest BCUT2D eigenvalue weighted by atomic mass is 35.5. The quantitative estimate of drug-likeness (QED) is 0.147. The van der Waals surface area contributed by atoms with E-state index in [0.717, 1.165) is 88.7 Å². The number of likely N-dealkylation sites (N-methyl/N-ethyl adjacent to an activating group) is 1. The molecule has 1 aromatic rings. The summed E-state index contributed by atoms with van der Waals surface area (Å²) in [5.74, 6) is 2.23. The lowest BCUT2D eigenvalue weighted by molar-refractivity contribution is -0.214. The van der Waals surface area contributed by atoms with Crippen molar-refractivity contribution >= 4 is 29.6 Å². The summed E-state index contributed by atoms with van der Waals surface area (Å²) in [7, 11) is 7.14. The van der Waals surface area contributed by atoms with Crippen molar-refractivity contribution in [2.24, 2.45) is 56.7 Å². The van der Waals surface area contributed by atoms with Crippen molar-refractivity contribution in [2.75, 3.05) is 47.9 Å². The number of rotatable bonds is 14. The zero-order chi connectivity index (χ0) is 43.0. The van der Waals surface area contributed by atoms with Gasteiger partial charge in [-0.2, -0.15) is 0 Å². The van der Waals surface area contributed by atoms with Gasteiger partial charge in [0.15, 0.2) is 5.78 Å². The Labute approximate surface area is 356 Å². The topological polar surface area (TPSA) is 96.4 Å². The van der Waals surface area contributed by atoms with Gasteiger partial charge in [0.25, 0.3) is 0 Å². The van der Waals surface area contributed by atoms with Gasteiger partial charge in [0, 0.05) is 68.1 Å². The summed E-state index contributed by atoms with van der Waals surface area (Å²) in [5.41, 5.74) is 2.98. The number of aliphatic hydroxyl groups is 1. The molecule has 4 saturated carbocycles. The molecule has 0 bridgehead atoms. The first-order chi connectivity index (χ1) is 27.2. The van der Waals surface area contributed by atoms with Crippen LogP contribution in [0.1, 0.15) is 125 Å². The van der Waals surface area contributed by atoms with Crippen LogP contribution in [0.25, 0.3) is 0 Å². The van der Waals surface area contributed by atoms with Crippen LogP contribution in [-0.4, -0.2) is 93.1 Å². The van der Waals surface area contributed by atoms with Gasteiger partial charge in [0.2, 0.25) is 0 Å². The summed E-state index contributed by atoms with van der Waals surface area (Å²) >= 11 is 6.28. The van der Waals surface area contributed by atoms with Crippen LogP contribution < -0.4 is 0 Å². The number of carbonyl (C=O) groups excluding carboxylic acids is 3. The Bertz CT molecular complexity index is 1650. The molecule has 8 nitrogen and oxygen atoms in total. The summed E-state index contributed by atoms with van der Waals surface area (Å²) in [5, 5.41) is 7.75. The molecule has 9 heteroatoms. The van der Waals surface area contributed by atoms with Gasteiger partial charge in [-0.1, -0.05) is 84.7 Å². The molecule has 0 amide bonds. The smallest absolute Gasteiger partial charge is 0.307 e. The van der Waals surface area contributed by atoms with Crippen molar-refractivity contribution in [3.8, 4) is 0 Å². The second-order valence-corrected chi connectivity index (χ2v) is 21.7. The molecule has 9 unspecified atom stereocenters. The van der Waals surface area contributed by atoms with Crippen LogP contribution in [0.2, 0.25) is 5.02 Å². The zero-order valence-corrected chi connectivity index (χ0v) is 38.8. The van der Waals surface area contributed by atoms with Crippen LogP contribution in [-0.2, 0) is 30.4 Å². The Balaban J connectivity index is 0.00000315. The SMILES string of the molecule is CO.COC(CN(CCN(C)C)Cc1ccc(Cl)cc1)C12CCC3C(CCC4C3(C)CCC3C(C)(C)C(OC(=O)CC(C)(C)C=O)CCC34C)C1=C(C(C)C)C(=O)C2. The molecule has 0 heterocycles. The van der Waals surface area contributed by atoms with Crippen LogP contribution in [0.4, 0.5) is 0 Å². The third-order valence-corrected chi connectivity index (χ3v) is 16.5. The molecule has 0 saturated heterocycles. The van der Waals surface area contributed by atoms with E-state index < -0.39 is 5.41 Å². The molecule has 1 N–H and O–H groups in total. The van der Waals surface area contributed by atoms with E-state index in [4.69, 9.17) is 26.2 Å². The first kappa shape index (κ1) is 47.0. The van der Waals surface area contributed by atoms with Crippen LogP contribution in [0.3, 0.4) is 0 Å². The molecule has 0 spiro atoms. The minimum absolute atomic E-state index is 0.0808. The summed E-state index contributed by atoms with van der Waals surface area (Å²) in [4.78, 5) is 43.9. The number of methoxy groups -OCH3 is 1. The molecule has 0 radical (unpaired) electrons. The maximum atomic E-state index is 14.4. The summed E-state index contributed by atoms with van der Waals surface area (Å²) in [6.07, 6.45) is 9.96. The number of carbonyl (C=O) groups is 3. The third kappa shape index (κ3) is 8.80. The van der Waals surface area contributed by atoms with E-state index in [-0.39, 0.29) is 52.2 Å². The molecule has 6 rings (SSSR count). The number of hydrogen-bond acceptors (Lipinski definition) is 8. The normalized spacial score (nSPS) is 33.5. The van der Waals surface area contributed by atoms with Crippen molar-refractivity contribution in [1.82, 2.24) is 9.80 Å². The lowest BCUT2D eigenvalue weighted by Crippen LogP contribution is -2.63. The fourth-order valence-corrected chi connectivity index (χ4v) is 13.8. The van der Waals surface area contributed by atoms with Crippen molar-refractivity contribution in [3.63, 3.8) is 0 Å². The predicted molar refractivity (Wildman–Crippen MR) is 233 cm³/mol. The molecule has 1 aromatic carbocycles. The molecular formula is C49H77ClN2O6. The highest BCUT2D eigenvalue weighted by Gasteiger charge is 2.67. The monoisotopic (exact) mass is 825 g/mol. The second kappa shape index (κ2) is 18.1. The number of nitrogens with zero attached hydrogens (tertiary/aromatic N) is 2. The van der Waals surface area contributed by atoms with Crippen molar-refractivity contribution in [1.29, 1.82) is 0 Å². The first-order valence-corrected chi connectivity index (χ1v) is 22.6. The number of allylic oxidation sites excluding steroid dienone is 1. The first-order valence-electron chi connectivity index (χ1n) is 22.2. The number of aliphatic hydroxyl groups excluding tert-OH is 1. The predicted octanol–water partition coefficient (Wildman–Crippen LogP) is 9.44. The van der Waals surface area contributed by atoms with Crippen LogP contribution in [0, 0.1) is 56.7 Å². The number of ketones is 1. The molecule has 5 aliphatic carbocycles. The van der Waals surface area contributed by atoms with E-state index in [2.05, 4.69) is 77.6 Å². The molecular weight excluding hydrogens is 748 g/mol. The van der Waals surface area contributed by atoms with E-state index in [9.17, 15) is 14.4 Å². The van der Waals surface area contributed by atoms with Gasteiger partial charge in [-0.25, -0.2) is 0 Å². The summed E-state index contributed by atoms with van der Waals surface area (Å²) < 4.78 is 12.9. The van der Waals surface area contributed by atoms with Crippen molar-refractivity contribution < 1.29 is 29.0 Å². The minimum atomic E-state index is -0.714. The van der Waals surface area contributed by atoms with Crippen LogP contribution in [0.5, 0.6) is 0 Å². The Morgan fingerprint density at radius 1 is 0.948 bits per heavy atom. The maximum absolute atomic E-state index is 14.4. The van der Waals surface area contributed by atoms with Crippen molar-refractivity contribution in [2.45, 2.75) is 138 Å². The number of fused-ring (bicyclic) bond motifs is 7.